The van der Waals surface area contributed by atoms with Crippen LogP contribution in [0.5, 0.6) is 0 Å². The molecule has 4 rings (SSSR count). The van der Waals surface area contributed by atoms with Gasteiger partial charge in [-0.05, 0) is 36.4 Å². The highest BCUT2D eigenvalue weighted by Gasteiger charge is 2.14. The van der Waals surface area contributed by atoms with Crippen LogP contribution in [0.15, 0.2) is 53.9 Å². The number of carboxylic acid groups (broad SMARTS) is 1. The fraction of sp³-hybridized carbons (Fsp3) is 0.190. The van der Waals surface area contributed by atoms with Gasteiger partial charge in [-0.25, -0.2) is 9.78 Å². The van der Waals surface area contributed by atoms with E-state index in [1.165, 1.54) is 0 Å². The van der Waals surface area contributed by atoms with Crippen LogP contribution in [0.1, 0.15) is 20.2 Å². The van der Waals surface area contributed by atoms with Crippen LogP contribution >= 0.6 is 11.3 Å². The van der Waals surface area contributed by atoms with Crippen LogP contribution in [0.2, 0.25) is 0 Å². The number of carbonyl (C=O) groups is 2. The van der Waals surface area contributed by atoms with Crippen LogP contribution in [0.3, 0.4) is 0 Å². The Balaban J connectivity index is 1.46. The van der Waals surface area contributed by atoms with E-state index in [-0.39, 0.29) is 10.9 Å². The van der Waals surface area contributed by atoms with Crippen LogP contribution in [0, 0.1) is 0 Å². The number of hydrogen-bond donors (Lipinski definition) is 2. The highest BCUT2D eigenvalue weighted by molar-refractivity contribution is 7.11. The van der Waals surface area contributed by atoms with Crippen LogP contribution in [0.4, 0.5) is 11.4 Å². The van der Waals surface area contributed by atoms with E-state index in [4.69, 9.17) is 9.84 Å². The van der Waals surface area contributed by atoms with Gasteiger partial charge in [0.15, 0.2) is 0 Å². The molecule has 3 aromatic rings. The Hall–Kier alpha value is -3.23. The number of anilines is 2. The van der Waals surface area contributed by atoms with Crippen molar-refractivity contribution < 1.29 is 19.4 Å². The lowest BCUT2D eigenvalue weighted by molar-refractivity contribution is 0.0696. The summed E-state index contributed by atoms with van der Waals surface area (Å²) in [4.78, 5) is 30.0. The minimum Gasteiger partial charge on any atom is -0.476 e. The predicted octanol–water partition coefficient (Wildman–Crippen LogP) is 3.60. The van der Waals surface area contributed by atoms with Gasteiger partial charge >= 0.3 is 5.97 Å². The number of benzene rings is 2. The fourth-order valence-corrected chi connectivity index (χ4v) is 3.77. The Labute approximate surface area is 171 Å². The molecule has 148 valence electrons. The molecule has 1 aliphatic rings. The summed E-state index contributed by atoms with van der Waals surface area (Å²) in [7, 11) is 0. The van der Waals surface area contributed by atoms with Crippen molar-refractivity contribution in [1.82, 2.24) is 4.98 Å². The van der Waals surface area contributed by atoms with E-state index in [1.54, 1.807) is 29.6 Å². The predicted molar refractivity (Wildman–Crippen MR) is 112 cm³/mol. The highest BCUT2D eigenvalue weighted by atomic mass is 32.1. The lowest BCUT2D eigenvalue weighted by Crippen LogP contribution is -2.36. The highest BCUT2D eigenvalue weighted by Crippen LogP contribution is 2.24. The third-order valence-corrected chi connectivity index (χ3v) is 5.44. The second-order valence-corrected chi connectivity index (χ2v) is 7.38. The number of morpholine rings is 1. The minimum absolute atomic E-state index is 0.0233. The zero-order valence-corrected chi connectivity index (χ0v) is 16.3. The maximum absolute atomic E-state index is 12.6. The summed E-state index contributed by atoms with van der Waals surface area (Å²) < 4.78 is 5.37. The van der Waals surface area contributed by atoms with Crippen molar-refractivity contribution in [2.75, 3.05) is 36.5 Å². The first-order chi connectivity index (χ1) is 14.1. The number of ether oxygens (including phenoxy) is 1. The van der Waals surface area contributed by atoms with Crippen LogP contribution in [-0.2, 0) is 4.74 Å². The van der Waals surface area contributed by atoms with E-state index >= 15 is 0 Å². The van der Waals surface area contributed by atoms with Crippen molar-refractivity contribution in [1.29, 1.82) is 0 Å². The van der Waals surface area contributed by atoms with Crippen molar-refractivity contribution in [3.05, 3.63) is 64.5 Å². The number of aromatic nitrogens is 1. The average Bonchev–Trinajstić information content (AvgIpc) is 3.26. The van der Waals surface area contributed by atoms with Gasteiger partial charge in [0.05, 0.1) is 18.9 Å². The number of carbonyl (C=O) groups excluding carboxylic acids is 1. The molecule has 8 heteroatoms. The molecule has 1 aliphatic heterocycles. The first kappa shape index (κ1) is 19.1. The normalized spacial score (nSPS) is 13.9. The molecule has 29 heavy (non-hydrogen) atoms. The molecule has 0 atom stereocenters. The number of nitrogens with zero attached hydrogens (tertiary/aromatic N) is 2. The van der Waals surface area contributed by atoms with Gasteiger partial charge in [-0.1, -0.05) is 12.1 Å². The van der Waals surface area contributed by atoms with Gasteiger partial charge < -0.3 is 20.1 Å². The van der Waals surface area contributed by atoms with E-state index in [1.807, 2.05) is 24.3 Å². The summed E-state index contributed by atoms with van der Waals surface area (Å²) in [5, 5.41) is 13.6. The van der Waals surface area contributed by atoms with Crippen LogP contribution in [-0.4, -0.2) is 48.3 Å². The van der Waals surface area contributed by atoms with Gasteiger partial charge in [-0.15, -0.1) is 11.3 Å². The van der Waals surface area contributed by atoms with Crippen molar-refractivity contribution in [2.24, 2.45) is 0 Å². The van der Waals surface area contributed by atoms with Gasteiger partial charge in [0.1, 0.15) is 0 Å². The Morgan fingerprint density at radius 1 is 1.10 bits per heavy atom. The number of rotatable bonds is 5. The minimum atomic E-state index is -1.06. The topological polar surface area (TPSA) is 91.8 Å². The molecular formula is C21H19N3O4S. The number of carboxylic acids is 1. The largest absolute Gasteiger partial charge is 0.476 e. The van der Waals surface area contributed by atoms with E-state index in [9.17, 15) is 9.59 Å². The molecule has 0 aliphatic carbocycles. The lowest BCUT2D eigenvalue weighted by atomic mass is 10.1. The van der Waals surface area contributed by atoms with E-state index in [2.05, 4.69) is 15.2 Å². The third-order valence-electron chi connectivity index (χ3n) is 4.61. The number of aromatic carboxylic acids is 1. The van der Waals surface area contributed by atoms with E-state index < -0.39 is 5.97 Å². The van der Waals surface area contributed by atoms with Crippen LogP contribution < -0.4 is 10.2 Å². The SMILES string of the molecule is O=C(Nc1ccc(N2CCOCC2)cc1)c1cccc(-c2csc(C(=O)O)n2)c1. The molecule has 0 unspecified atom stereocenters. The van der Waals surface area contributed by atoms with Crippen molar-refractivity contribution in [2.45, 2.75) is 0 Å². The van der Waals surface area contributed by atoms with Crippen molar-refractivity contribution in [3.63, 3.8) is 0 Å². The molecule has 0 bridgehead atoms. The fourth-order valence-electron chi connectivity index (χ4n) is 3.10. The Kier molecular flexibility index (Phi) is 5.55. The molecule has 0 saturated carbocycles. The molecule has 1 fully saturated rings. The molecule has 1 aromatic heterocycles. The summed E-state index contributed by atoms with van der Waals surface area (Å²) >= 11 is 1.06. The number of hydrogen-bond acceptors (Lipinski definition) is 6. The van der Waals surface area contributed by atoms with E-state index in [0.717, 1.165) is 43.3 Å². The van der Waals surface area contributed by atoms with Gasteiger partial charge in [-0.2, -0.15) is 0 Å². The zero-order valence-electron chi connectivity index (χ0n) is 15.5. The van der Waals surface area contributed by atoms with Gasteiger partial charge in [0.2, 0.25) is 5.01 Å². The summed E-state index contributed by atoms with van der Waals surface area (Å²) in [5.41, 5.74) is 3.52. The summed E-state index contributed by atoms with van der Waals surface area (Å²) in [6.45, 7) is 3.17. The van der Waals surface area contributed by atoms with Gasteiger partial charge in [0.25, 0.3) is 5.91 Å². The molecule has 7 nitrogen and oxygen atoms in total. The number of thiazole rings is 1. The molecular weight excluding hydrogens is 390 g/mol. The van der Waals surface area contributed by atoms with E-state index in [0.29, 0.717) is 22.5 Å². The first-order valence-electron chi connectivity index (χ1n) is 9.13. The summed E-state index contributed by atoms with van der Waals surface area (Å²) in [6, 6.07) is 14.7. The zero-order chi connectivity index (χ0) is 20.2. The van der Waals surface area contributed by atoms with Crippen LogP contribution in [0.25, 0.3) is 11.3 Å². The van der Waals surface area contributed by atoms with Gasteiger partial charge in [0, 0.05) is 41.0 Å². The monoisotopic (exact) mass is 409 g/mol. The Morgan fingerprint density at radius 2 is 1.86 bits per heavy atom. The smallest absolute Gasteiger partial charge is 0.365 e. The quantitative estimate of drug-likeness (QED) is 0.669. The summed E-state index contributed by atoms with van der Waals surface area (Å²) in [5.74, 6) is -1.30. The third kappa shape index (κ3) is 4.44. The maximum atomic E-state index is 12.6. The molecule has 1 amide bonds. The van der Waals surface area contributed by atoms with Crippen molar-refractivity contribution in [3.8, 4) is 11.3 Å². The molecule has 2 heterocycles. The molecule has 0 spiro atoms. The Morgan fingerprint density at radius 3 is 2.55 bits per heavy atom. The molecule has 2 N–H and O–H groups in total. The molecule has 0 radical (unpaired) electrons. The first-order valence-corrected chi connectivity index (χ1v) is 10.0. The maximum Gasteiger partial charge on any atom is 0.365 e. The molecule has 1 saturated heterocycles. The van der Waals surface area contributed by atoms with Gasteiger partial charge in [-0.3, -0.25) is 4.79 Å². The number of amides is 1. The summed E-state index contributed by atoms with van der Waals surface area (Å²) in [6.07, 6.45) is 0. The Bertz CT molecular complexity index is 1030. The average molecular weight is 409 g/mol. The molecule has 2 aromatic carbocycles. The number of nitrogens with one attached hydrogen (secondary N) is 1. The standard InChI is InChI=1S/C21H19N3O4S/c25-19(22-16-4-6-17(7-5-16)24-8-10-28-11-9-24)15-3-1-2-14(12-15)18-13-29-20(23-18)21(26)27/h1-7,12-13H,8-11H2,(H,22,25)(H,26,27). The lowest BCUT2D eigenvalue weighted by Gasteiger charge is -2.28. The van der Waals surface area contributed by atoms with Crippen molar-refractivity contribution >= 4 is 34.6 Å². The second-order valence-electron chi connectivity index (χ2n) is 6.52. The second kappa shape index (κ2) is 8.42.